The molecule has 0 aliphatic heterocycles. The van der Waals surface area contributed by atoms with Crippen molar-refractivity contribution in [2.24, 2.45) is 0 Å². The summed E-state index contributed by atoms with van der Waals surface area (Å²) in [5.74, 6) is 1.58. The molecule has 5 heteroatoms. The lowest BCUT2D eigenvalue weighted by atomic mass is 10.2. The van der Waals surface area contributed by atoms with E-state index in [9.17, 15) is 0 Å². The van der Waals surface area contributed by atoms with Crippen LogP contribution >= 0.6 is 0 Å². The number of benzene rings is 4. The van der Waals surface area contributed by atoms with Gasteiger partial charge in [0.2, 0.25) is 0 Å². The van der Waals surface area contributed by atoms with E-state index in [0.29, 0.717) is 0 Å². The quantitative estimate of drug-likeness (QED) is 0.242. The molecule has 4 aromatic carbocycles. The van der Waals surface area contributed by atoms with Gasteiger partial charge in [-0.1, -0.05) is 36.4 Å². The zero-order valence-corrected chi connectivity index (χ0v) is 20.9. The van der Waals surface area contributed by atoms with E-state index in [2.05, 4.69) is 104 Å². The molecule has 0 aliphatic rings. The third-order valence-corrected chi connectivity index (χ3v) is 7.37. The van der Waals surface area contributed by atoms with E-state index >= 15 is 0 Å². The Balaban J connectivity index is 1.12. The molecule has 0 amide bonds. The largest absolute Gasteiger partial charge is 0.457 e. The van der Waals surface area contributed by atoms with Gasteiger partial charge in [0, 0.05) is 57.7 Å². The Bertz CT molecular complexity index is 1880. The van der Waals surface area contributed by atoms with Crippen LogP contribution in [-0.4, -0.2) is 19.1 Å². The Morgan fingerprint density at radius 3 is 1.28 bits per heavy atom. The minimum absolute atomic E-state index is 0.789. The zero-order valence-electron chi connectivity index (χ0n) is 20.9. The summed E-state index contributed by atoms with van der Waals surface area (Å²) >= 11 is 0. The van der Waals surface area contributed by atoms with E-state index < -0.39 is 0 Å². The number of rotatable bonds is 4. The van der Waals surface area contributed by atoms with Gasteiger partial charge in [-0.05, 0) is 72.8 Å². The van der Waals surface area contributed by atoms with E-state index in [1.807, 2.05) is 49.1 Å². The highest BCUT2D eigenvalue weighted by Gasteiger charge is 2.13. The molecule has 184 valence electrons. The molecule has 0 saturated heterocycles. The van der Waals surface area contributed by atoms with Crippen LogP contribution < -0.4 is 4.74 Å². The Hall–Kier alpha value is -5.42. The van der Waals surface area contributed by atoms with Crippen molar-refractivity contribution in [3.63, 3.8) is 0 Å². The molecule has 8 rings (SSSR count). The van der Waals surface area contributed by atoms with Crippen LogP contribution in [0.15, 0.2) is 134 Å². The fourth-order valence-corrected chi connectivity index (χ4v) is 5.65. The van der Waals surface area contributed by atoms with E-state index in [1.54, 1.807) is 0 Å². The highest BCUT2D eigenvalue weighted by Crippen LogP contribution is 2.34. The first-order valence-electron chi connectivity index (χ1n) is 12.9. The van der Waals surface area contributed by atoms with Crippen molar-refractivity contribution in [2.45, 2.75) is 0 Å². The lowest BCUT2D eigenvalue weighted by Crippen LogP contribution is -1.95. The van der Waals surface area contributed by atoms with E-state index in [4.69, 9.17) is 4.74 Å². The maximum atomic E-state index is 6.23. The third kappa shape index (κ3) is 3.41. The molecule has 39 heavy (non-hydrogen) atoms. The molecule has 0 N–H and O–H groups in total. The molecule has 4 aromatic heterocycles. The number of ether oxygens (including phenoxy) is 1. The van der Waals surface area contributed by atoms with Gasteiger partial charge in [-0.15, -0.1) is 0 Å². The second kappa shape index (κ2) is 8.57. The minimum Gasteiger partial charge on any atom is -0.457 e. The van der Waals surface area contributed by atoms with Crippen LogP contribution in [0.2, 0.25) is 0 Å². The number of pyridine rings is 2. The summed E-state index contributed by atoms with van der Waals surface area (Å²) in [6.45, 7) is 0. The average Bonchev–Trinajstić information content (AvgIpc) is 3.51. The van der Waals surface area contributed by atoms with Crippen molar-refractivity contribution < 1.29 is 4.74 Å². The monoisotopic (exact) mass is 502 g/mol. The highest BCUT2D eigenvalue weighted by atomic mass is 16.5. The topological polar surface area (TPSA) is 44.9 Å². The van der Waals surface area contributed by atoms with E-state index in [0.717, 1.165) is 55.7 Å². The Morgan fingerprint density at radius 2 is 0.821 bits per heavy atom. The second-order valence-electron chi connectivity index (χ2n) is 9.58. The number of hydrogen-bond acceptors (Lipinski definition) is 3. The molecular weight excluding hydrogens is 480 g/mol. The first-order valence-corrected chi connectivity index (χ1v) is 12.9. The average molecular weight is 503 g/mol. The fraction of sp³-hybridized carbons (Fsp3) is 0. The van der Waals surface area contributed by atoms with Crippen LogP contribution in [-0.2, 0) is 0 Å². The van der Waals surface area contributed by atoms with Crippen LogP contribution in [0.25, 0.3) is 55.0 Å². The van der Waals surface area contributed by atoms with Gasteiger partial charge in [0.25, 0.3) is 0 Å². The molecule has 0 unspecified atom stereocenters. The normalized spacial score (nSPS) is 11.6. The number of para-hydroxylation sites is 2. The summed E-state index contributed by atoms with van der Waals surface area (Å²) in [5.41, 5.74) is 6.75. The first kappa shape index (κ1) is 21.6. The van der Waals surface area contributed by atoms with Crippen LogP contribution in [0, 0.1) is 0 Å². The zero-order chi connectivity index (χ0) is 25.8. The van der Waals surface area contributed by atoms with Gasteiger partial charge in [-0.2, -0.15) is 0 Å². The molecule has 0 saturated carbocycles. The molecule has 0 spiro atoms. The molecule has 4 heterocycles. The minimum atomic E-state index is 0.789. The lowest BCUT2D eigenvalue weighted by Gasteiger charge is -2.11. The highest BCUT2D eigenvalue weighted by molar-refractivity contribution is 6.09. The van der Waals surface area contributed by atoms with Crippen LogP contribution in [0.3, 0.4) is 0 Å². The van der Waals surface area contributed by atoms with Crippen LogP contribution in [0.5, 0.6) is 11.5 Å². The summed E-state index contributed by atoms with van der Waals surface area (Å²) in [5, 5.41) is 4.68. The molecule has 0 bridgehead atoms. The number of fused-ring (bicyclic) bond motifs is 6. The van der Waals surface area contributed by atoms with Gasteiger partial charge in [0.15, 0.2) is 0 Å². The lowest BCUT2D eigenvalue weighted by molar-refractivity contribution is 0.482. The molecular formula is C34H22N4O. The second-order valence-corrected chi connectivity index (χ2v) is 9.58. The first-order chi connectivity index (χ1) is 19.3. The van der Waals surface area contributed by atoms with Crippen molar-refractivity contribution >= 4 is 43.6 Å². The Morgan fingerprint density at radius 1 is 0.410 bits per heavy atom. The molecule has 0 atom stereocenters. The third-order valence-electron chi connectivity index (χ3n) is 7.37. The summed E-state index contributed by atoms with van der Waals surface area (Å²) in [6.07, 6.45) is 7.56. The van der Waals surface area contributed by atoms with Gasteiger partial charge >= 0.3 is 0 Å². The van der Waals surface area contributed by atoms with Gasteiger partial charge in [0.05, 0.1) is 22.1 Å². The SMILES string of the molecule is c1ccc2c(c1)c1cnccc1n2-c1ccc(Oc2ccc(-n3c4ccccc4c4cnccc43)cc2)cc1. The van der Waals surface area contributed by atoms with Crippen molar-refractivity contribution in [3.8, 4) is 22.9 Å². The number of nitrogens with zero attached hydrogens (tertiary/aromatic N) is 4. The number of hydrogen-bond donors (Lipinski definition) is 0. The van der Waals surface area contributed by atoms with Crippen molar-refractivity contribution in [2.75, 3.05) is 0 Å². The molecule has 5 nitrogen and oxygen atoms in total. The predicted molar refractivity (Wildman–Crippen MR) is 157 cm³/mol. The maximum Gasteiger partial charge on any atom is 0.127 e. The summed E-state index contributed by atoms with van der Waals surface area (Å²) in [7, 11) is 0. The molecule has 0 radical (unpaired) electrons. The molecule has 8 aromatic rings. The Labute approximate surface area is 224 Å². The smallest absolute Gasteiger partial charge is 0.127 e. The summed E-state index contributed by atoms with van der Waals surface area (Å²) in [4.78, 5) is 8.69. The van der Waals surface area contributed by atoms with Gasteiger partial charge in [0.1, 0.15) is 11.5 Å². The van der Waals surface area contributed by atoms with Crippen molar-refractivity contribution in [1.29, 1.82) is 0 Å². The van der Waals surface area contributed by atoms with Gasteiger partial charge < -0.3 is 13.9 Å². The van der Waals surface area contributed by atoms with Gasteiger partial charge in [-0.3, -0.25) is 9.97 Å². The standard InChI is InChI=1S/C34H22N4O/c1-3-7-31-27(5-1)29-21-35-19-17-33(29)37(31)23-9-13-25(14-10-23)39-26-15-11-24(12-16-26)38-32-8-4-2-6-28(32)30-22-36-20-18-34(30)38/h1-22H. The Kier molecular flexibility index (Phi) is 4.76. The van der Waals surface area contributed by atoms with Crippen molar-refractivity contribution in [3.05, 3.63) is 134 Å². The van der Waals surface area contributed by atoms with E-state index in [1.165, 1.54) is 10.8 Å². The molecule has 0 fully saturated rings. The van der Waals surface area contributed by atoms with Gasteiger partial charge in [-0.25, -0.2) is 0 Å². The summed E-state index contributed by atoms with van der Waals surface area (Å²) in [6, 6.07) is 37.5. The predicted octanol–water partition coefficient (Wildman–Crippen LogP) is 8.46. The van der Waals surface area contributed by atoms with Crippen molar-refractivity contribution in [1.82, 2.24) is 19.1 Å². The fourth-order valence-electron chi connectivity index (χ4n) is 5.65. The molecule has 0 aliphatic carbocycles. The number of aromatic nitrogens is 4. The maximum absolute atomic E-state index is 6.23. The van der Waals surface area contributed by atoms with Crippen LogP contribution in [0.1, 0.15) is 0 Å². The summed E-state index contributed by atoms with van der Waals surface area (Å²) < 4.78 is 10.8. The van der Waals surface area contributed by atoms with Crippen LogP contribution in [0.4, 0.5) is 0 Å². The van der Waals surface area contributed by atoms with E-state index in [-0.39, 0.29) is 0 Å².